The van der Waals surface area contributed by atoms with Crippen molar-refractivity contribution in [2.45, 2.75) is 18.4 Å². The van der Waals surface area contributed by atoms with Crippen molar-refractivity contribution >= 4 is 5.84 Å². The van der Waals surface area contributed by atoms with Crippen LogP contribution in [0.5, 0.6) is 0 Å². The summed E-state index contributed by atoms with van der Waals surface area (Å²) in [6, 6.07) is 2.22. The summed E-state index contributed by atoms with van der Waals surface area (Å²) >= 11 is 0. The van der Waals surface area contributed by atoms with E-state index in [1.54, 1.807) is 0 Å². The van der Waals surface area contributed by atoms with Crippen LogP contribution in [-0.4, -0.2) is 16.6 Å². The Balaban J connectivity index is 2.14. The molecule has 0 radical (unpaired) electrons. The second-order valence-electron chi connectivity index (χ2n) is 4.15. The third kappa shape index (κ3) is 3.22. The number of amidine groups is 1. The van der Waals surface area contributed by atoms with Crippen LogP contribution in [0, 0.1) is 0 Å². The number of halogens is 3. The van der Waals surface area contributed by atoms with Gasteiger partial charge in [0.1, 0.15) is 5.84 Å². The molecule has 0 bridgehead atoms. The van der Waals surface area contributed by atoms with Gasteiger partial charge in [-0.1, -0.05) is 0 Å². The van der Waals surface area contributed by atoms with Crippen molar-refractivity contribution in [1.29, 1.82) is 0 Å². The fourth-order valence-electron chi connectivity index (χ4n) is 1.63. The van der Waals surface area contributed by atoms with Gasteiger partial charge >= 0.3 is 6.18 Å². The van der Waals surface area contributed by atoms with Crippen molar-refractivity contribution in [2.24, 2.45) is 16.5 Å². The molecule has 0 aliphatic carbocycles. The molecule has 0 saturated carbocycles. The van der Waals surface area contributed by atoms with E-state index in [2.05, 4.69) is 15.3 Å². The number of aliphatic imine (C=N–C) groups is 1. The zero-order chi connectivity index (χ0) is 14.1. The summed E-state index contributed by atoms with van der Waals surface area (Å²) in [4.78, 5) is 7.73. The Morgan fingerprint density at radius 1 is 1.32 bits per heavy atom. The zero-order valence-corrected chi connectivity index (χ0v) is 9.78. The maximum absolute atomic E-state index is 12.4. The smallest absolute Gasteiger partial charge is 0.384 e. The van der Waals surface area contributed by atoms with Crippen molar-refractivity contribution in [1.82, 2.24) is 10.3 Å². The number of nitrogens with two attached hydrogens (primary N) is 2. The third-order valence-corrected chi connectivity index (χ3v) is 2.52. The largest absolute Gasteiger partial charge is 0.417 e. The summed E-state index contributed by atoms with van der Waals surface area (Å²) in [5.41, 5.74) is 11.0. The van der Waals surface area contributed by atoms with Crippen LogP contribution < -0.4 is 16.8 Å². The standard InChI is InChI=1S/C11H12F3N5/c12-11(13,14)7-1-2-8(17-6-7)5-10(16)18-4-3-9(15)19-10/h1-4,6,18H,5,16H2,(H2,15,19). The summed E-state index contributed by atoms with van der Waals surface area (Å²) < 4.78 is 37.1. The van der Waals surface area contributed by atoms with Gasteiger partial charge in [-0.15, -0.1) is 0 Å². The summed E-state index contributed by atoms with van der Waals surface area (Å²) in [5.74, 6) is -0.945. The lowest BCUT2D eigenvalue weighted by molar-refractivity contribution is -0.137. The van der Waals surface area contributed by atoms with E-state index in [0.717, 1.165) is 12.3 Å². The average Bonchev–Trinajstić information content (AvgIpc) is 2.27. The van der Waals surface area contributed by atoms with Crippen LogP contribution in [0.15, 0.2) is 35.6 Å². The van der Waals surface area contributed by atoms with Crippen molar-refractivity contribution in [3.8, 4) is 0 Å². The minimum atomic E-state index is -4.40. The lowest BCUT2D eigenvalue weighted by Crippen LogP contribution is -2.54. The second kappa shape index (κ2) is 4.54. The first-order chi connectivity index (χ1) is 8.78. The van der Waals surface area contributed by atoms with E-state index in [9.17, 15) is 13.2 Å². The molecular weight excluding hydrogens is 259 g/mol. The Labute approximate surface area is 107 Å². The van der Waals surface area contributed by atoms with E-state index in [0.29, 0.717) is 5.69 Å². The predicted molar refractivity (Wildman–Crippen MR) is 63.8 cm³/mol. The fraction of sp³-hybridized carbons (Fsp3) is 0.273. The van der Waals surface area contributed by atoms with Crippen LogP contribution in [0.3, 0.4) is 0 Å². The summed E-state index contributed by atoms with van der Waals surface area (Å²) in [6.07, 6.45) is -0.446. The number of nitrogens with one attached hydrogen (secondary N) is 1. The number of nitrogens with zero attached hydrogens (tertiary/aromatic N) is 2. The number of alkyl halides is 3. The van der Waals surface area contributed by atoms with Gasteiger partial charge in [0.25, 0.3) is 0 Å². The van der Waals surface area contributed by atoms with Gasteiger partial charge in [0, 0.05) is 24.5 Å². The highest BCUT2D eigenvalue weighted by Crippen LogP contribution is 2.28. The van der Waals surface area contributed by atoms with Gasteiger partial charge in [-0.25, -0.2) is 4.99 Å². The second-order valence-corrected chi connectivity index (χ2v) is 4.15. The highest BCUT2D eigenvalue weighted by molar-refractivity contribution is 5.92. The van der Waals surface area contributed by atoms with Gasteiger partial charge in [0.05, 0.1) is 5.56 Å². The molecule has 102 valence electrons. The zero-order valence-electron chi connectivity index (χ0n) is 9.78. The maximum atomic E-state index is 12.4. The SMILES string of the molecule is NC1=NC(N)(Cc2ccc(C(F)(F)F)cn2)NC=C1. The van der Waals surface area contributed by atoms with Crippen molar-refractivity contribution in [2.75, 3.05) is 0 Å². The van der Waals surface area contributed by atoms with E-state index in [4.69, 9.17) is 11.5 Å². The molecule has 8 heteroatoms. The van der Waals surface area contributed by atoms with Gasteiger partial charge in [-0.05, 0) is 18.2 Å². The topological polar surface area (TPSA) is 89.3 Å². The van der Waals surface area contributed by atoms with Crippen LogP contribution >= 0.6 is 0 Å². The molecule has 1 aromatic heterocycles. The van der Waals surface area contributed by atoms with Gasteiger partial charge in [0.15, 0.2) is 5.79 Å². The Hall–Kier alpha value is -2.09. The summed E-state index contributed by atoms with van der Waals surface area (Å²) in [7, 11) is 0. The monoisotopic (exact) mass is 271 g/mol. The molecule has 0 saturated heterocycles. The first-order valence-electron chi connectivity index (χ1n) is 5.39. The Morgan fingerprint density at radius 3 is 2.58 bits per heavy atom. The molecule has 19 heavy (non-hydrogen) atoms. The Morgan fingerprint density at radius 2 is 2.05 bits per heavy atom. The molecule has 1 aliphatic heterocycles. The molecule has 2 rings (SSSR count). The normalized spacial score (nSPS) is 22.8. The third-order valence-electron chi connectivity index (χ3n) is 2.52. The molecule has 1 aromatic rings. The molecule has 1 aliphatic rings. The van der Waals surface area contributed by atoms with Crippen LogP contribution in [-0.2, 0) is 12.6 Å². The summed E-state index contributed by atoms with van der Waals surface area (Å²) in [5, 5.41) is 2.79. The molecule has 2 heterocycles. The first-order valence-corrected chi connectivity index (χ1v) is 5.39. The lowest BCUT2D eigenvalue weighted by Gasteiger charge is -2.28. The minimum absolute atomic E-state index is 0.121. The van der Waals surface area contributed by atoms with Crippen LogP contribution in [0.25, 0.3) is 0 Å². The molecule has 1 atom stereocenters. The van der Waals surface area contributed by atoms with Gasteiger partial charge in [0.2, 0.25) is 0 Å². The molecule has 1 unspecified atom stereocenters. The number of rotatable bonds is 2. The van der Waals surface area contributed by atoms with E-state index in [1.807, 2.05) is 0 Å². The fourth-order valence-corrected chi connectivity index (χ4v) is 1.63. The quantitative estimate of drug-likeness (QED) is 0.739. The highest BCUT2D eigenvalue weighted by atomic mass is 19.4. The predicted octanol–water partition coefficient (Wildman–Crippen LogP) is 0.730. The lowest BCUT2D eigenvalue weighted by atomic mass is 10.1. The maximum Gasteiger partial charge on any atom is 0.417 e. The first kappa shape index (κ1) is 13.3. The van der Waals surface area contributed by atoms with E-state index < -0.39 is 17.5 Å². The Bertz CT molecular complexity index is 520. The van der Waals surface area contributed by atoms with Crippen molar-refractivity contribution < 1.29 is 13.2 Å². The minimum Gasteiger partial charge on any atom is -0.384 e. The van der Waals surface area contributed by atoms with Gasteiger partial charge in [-0.2, -0.15) is 13.2 Å². The number of pyridine rings is 1. The molecule has 5 N–H and O–H groups in total. The average molecular weight is 271 g/mol. The number of hydrogen-bond acceptors (Lipinski definition) is 5. The van der Waals surface area contributed by atoms with E-state index in [-0.39, 0.29) is 12.3 Å². The van der Waals surface area contributed by atoms with E-state index in [1.165, 1.54) is 18.3 Å². The Kier molecular flexibility index (Phi) is 3.19. The number of aromatic nitrogens is 1. The van der Waals surface area contributed by atoms with Gasteiger partial charge in [-0.3, -0.25) is 10.7 Å². The highest BCUT2D eigenvalue weighted by Gasteiger charge is 2.31. The molecule has 0 fully saturated rings. The summed E-state index contributed by atoms with van der Waals surface area (Å²) in [6.45, 7) is 0. The molecule has 5 nitrogen and oxygen atoms in total. The molecule has 0 spiro atoms. The molecule has 0 amide bonds. The van der Waals surface area contributed by atoms with Crippen molar-refractivity contribution in [3.63, 3.8) is 0 Å². The number of hydrogen-bond donors (Lipinski definition) is 3. The van der Waals surface area contributed by atoms with Crippen molar-refractivity contribution in [3.05, 3.63) is 41.9 Å². The van der Waals surface area contributed by atoms with Crippen LogP contribution in [0.4, 0.5) is 13.2 Å². The molecular formula is C11H12F3N5. The van der Waals surface area contributed by atoms with Crippen LogP contribution in [0.1, 0.15) is 11.3 Å². The molecule has 0 aromatic carbocycles. The van der Waals surface area contributed by atoms with Gasteiger partial charge < -0.3 is 11.1 Å². The van der Waals surface area contributed by atoms with Crippen LogP contribution in [0.2, 0.25) is 0 Å². The van der Waals surface area contributed by atoms with E-state index >= 15 is 0 Å².